The molecule has 0 bridgehead atoms. The Morgan fingerprint density at radius 3 is 2.62 bits per heavy atom. The van der Waals surface area contributed by atoms with Crippen LogP contribution in [0.1, 0.15) is 25.7 Å². The lowest BCUT2D eigenvalue weighted by molar-refractivity contribution is -0.384. The van der Waals surface area contributed by atoms with E-state index >= 15 is 0 Å². The van der Waals surface area contributed by atoms with Gasteiger partial charge in [0, 0.05) is 18.7 Å². The molecule has 2 N–H and O–H groups in total. The van der Waals surface area contributed by atoms with E-state index in [9.17, 15) is 24.4 Å². The first kappa shape index (κ1) is 15.9. The fourth-order valence-electron chi connectivity index (χ4n) is 2.61. The average Bonchev–Trinajstić information content (AvgIpc) is 2.89. The summed E-state index contributed by atoms with van der Waals surface area (Å²) in [7, 11) is 0. The third-order valence-electron chi connectivity index (χ3n) is 3.87. The summed E-state index contributed by atoms with van der Waals surface area (Å²) >= 11 is 1.68. The number of carbonyl (C=O) groups is 1. The molecular weight excluding hydrogens is 394 g/mol. The second kappa shape index (κ2) is 6.12. The predicted octanol–water partition coefficient (Wildman–Crippen LogP) is 3.40. The van der Waals surface area contributed by atoms with Crippen LogP contribution in [0, 0.1) is 24.9 Å². The van der Waals surface area contributed by atoms with E-state index in [1.165, 1.54) is 0 Å². The number of rotatable bonds is 5. The van der Waals surface area contributed by atoms with Crippen molar-refractivity contribution in [1.29, 1.82) is 0 Å². The maximum Gasteiger partial charge on any atom is 0.311 e. The highest BCUT2D eigenvalue weighted by atomic mass is 127. The first-order valence-corrected chi connectivity index (χ1v) is 7.54. The number of hydrogen-bond donors (Lipinski definition) is 2. The van der Waals surface area contributed by atoms with Gasteiger partial charge in [0.2, 0.25) is 0 Å². The summed E-state index contributed by atoms with van der Waals surface area (Å²) in [5, 5.41) is 23.1. The number of aliphatic carboxylic acids is 1. The zero-order valence-corrected chi connectivity index (χ0v) is 13.2. The monoisotopic (exact) mass is 408 g/mol. The van der Waals surface area contributed by atoms with Crippen LogP contribution in [0.15, 0.2) is 12.1 Å². The largest absolute Gasteiger partial charge is 0.481 e. The molecular formula is C13H14FIN2O4. The third kappa shape index (κ3) is 3.25. The molecule has 114 valence electrons. The SMILES string of the molecule is O=C(O)C1(CNc2cc(F)c(I)cc2[N+](=O)[O-])CCCC1. The van der Waals surface area contributed by atoms with E-state index in [1.807, 2.05) is 0 Å². The smallest absolute Gasteiger partial charge is 0.311 e. The van der Waals surface area contributed by atoms with Crippen molar-refractivity contribution < 1.29 is 19.2 Å². The number of halogens is 2. The Labute approximate surface area is 134 Å². The van der Waals surface area contributed by atoms with Crippen LogP contribution in [0.25, 0.3) is 0 Å². The molecule has 1 aliphatic rings. The molecule has 0 unspecified atom stereocenters. The minimum Gasteiger partial charge on any atom is -0.481 e. The van der Waals surface area contributed by atoms with Crippen molar-refractivity contribution >= 4 is 39.9 Å². The molecule has 2 rings (SSSR count). The summed E-state index contributed by atoms with van der Waals surface area (Å²) in [4.78, 5) is 21.8. The Balaban J connectivity index is 2.25. The average molecular weight is 408 g/mol. The normalized spacial score (nSPS) is 16.7. The summed E-state index contributed by atoms with van der Waals surface area (Å²) in [6.45, 7) is 0.0587. The van der Waals surface area contributed by atoms with Gasteiger partial charge in [-0.2, -0.15) is 0 Å². The lowest BCUT2D eigenvalue weighted by Crippen LogP contribution is -2.35. The highest BCUT2D eigenvalue weighted by Gasteiger charge is 2.41. The van der Waals surface area contributed by atoms with E-state index in [-0.39, 0.29) is 21.5 Å². The maximum absolute atomic E-state index is 13.6. The highest BCUT2D eigenvalue weighted by Crippen LogP contribution is 2.39. The number of anilines is 1. The Bertz CT molecular complexity index is 588. The molecule has 0 radical (unpaired) electrons. The number of benzene rings is 1. The number of nitrogens with zero attached hydrogens (tertiary/aromatic N) is 1. The van der Waals surface area contributed by atoms with Crippen LogP contribution in [0.5, 0.6) is 0 Å². The van der Waals surface area contributed by atoms with Crippen LogP contribution in [-0.4, -0.2) is 22.5 Å². The van der Waals surface area contributed by atoms with Crippen molar-refractivity contribution in [3.05, 3.63) is 31.6 Å². The molecule has 0 spiro atoms. The van der Waals surface area contributed by atoms with Crippen LogP contribution in [0.2, 0.25) is 0 Å². The summed E-state index contributed by atoms with van der Waals surface area (Å²) < 4.78 is 13.7. The molecule has 0 heterocycles. The van der Waals surface area contributed by atoms with Crippen LogP contribution >= 0.6 is 22.6 Å². The quantitative estimate of drug-likeness (QED) is 0.443. The lowest BCUT2D eigenvalue weighted by atomic mass is 9.86. The van der Waals surface area contributed by atoms with Gasteiger partial charge in [-0.3, -0.25) is 14.9 Å². The molecule has 0 saturated heterocycles. The molecule has 1 aromatic rings. The van der Waals surface area contributed by atoms with Crippen LogP contribution in [0.3, 0.4) is 0 Å². The van der Waals surface area contributed by atoms with Gasteiger partial charge in [0.05, 0.1) is 13.9 Å². The van der Waals surface area contributed by atoms with Gasteiger partial charge in [0.25, 0.3) is 5.69 Å². The van der Waals surface area contributed by atoms with Crippen molar-refractivity contribution in [3.63, 3.8) is 0 Å². The van der Waals surface area contributed by atoms with Crippen molar-refractivity contribution in [2.45, 2.75) is 25.7 Å². The second-order valence-electron chi connectivity index (χ2n) is 5.19. The Morgan fingerprint density at radius 2 is 2.10 bits per heavy atom. The van der Waals surface area contributed by atoms with E-state index in [4.69, 9.17) is 0 Å². The minimum absolute atomic E-state index is 0.0189. The fourth-order valence-corrected chi connectivity index (χ4v) is 3.06. The Kier molecular flexibility index (Phi) is 4.64. The molecule has 8 heteroatoms. The minimum atomic E-state index is -0.923. The van der Waals surface area contributed by atoms with E-state index in [0.29, 0.717) is 12.8 Å². The Morgan fingerprint density at radius 1 is 1.48 bits per heavy atom. The standard InChI is InChI=1S/C13H14FIN2O4/c14-8-5-10(11(17(20)21)6-9(8)15)16-7-13(12(18)19)3-1-2-4-13/h5-6,16H,1-4,7H2,(H,18,19). The Hall–Kier alpha value is -1.45. The van der Waals surface area contributed by atoms with Gasteiger partial charge in [-0.05, 0) is 35.4 Å². The topological polar surface area (TPSA) is 92.5 Å². The number of carboxylic acid groups (broad SMARTS) is 1. The van der Waals surface area contributed by atoms with E-state index in [0.717, 1.165) is 25.0 Å². The highest BCUT2D eigenvalue weighted by molar-refractivity contribution is 14.1. The van der Waals surface area contributed by atoms with E-state index in [1.54, 1.807) is 22.6 Å². The van der Waals surface area contributed by atoms with Crippen LogP contribution < -0.4 is 5.32 Å². The van der Waals surface area contributed by atoms with Gasteiger partial charge < -0.3 is 10.4 Å². The van der Waals surface area contributed by atoms with Gasteiger partial charge in [-0.25, -0.2) is 4.39 Å². The number of carboxylic acids is 1. The van der Waals surface area contributed by atoms with Crippen molar-refractivity contribution in [2.75, 3.05) is 11.9 Å². The fraction of sp³-hybridized carbons (Fsp3) is 0.462. The van der Waals surface area contributed by atoms with Crippen molar-refractivity contribution in [1.82, 2.24) is 0 Å². The lowest BCUT2D eigenvalue weighted by Gasteiger charge is -2.24. The molecule has 0 amide bonds. The molecule has 6 nitrogen and oxygen atoms in total. The van der Waals surface area contributed by atoms with Crippen molar-refractivity contribution in [3.8, 4) is 0 Å². The second-order valence-corrected chi connectivity index (χ2v) is 6.35. The molecule has 21 heavy (non-hydrogen) atoms. The summed E-state index contributed by atoms with van der Waals surface area (Å²) in [6.07, 6.45) is 2.68. The molecule has 0 aromatic heterocycles. The molecule has 0 aliphatic heterocycles. The summed E-state index contributed by atoms with van der Waals surface area (Å²) in [5.74, 6) is -1.49. The number of nitro groups is 1. The van der Waals surface area contributed by atoms with E-state index in [2.05, 4.69) is 5.32 Å². The molecule has 1 fully saturated rings. The third-order valence-corrected chi connectivity index (χ3v) is 4.69. The number of hydrogen-bond acceptors (Lipinski definition) is 4. The van der Waals surface area contributed by atoms with Gasteiger partial charge in [-0.1, -0.05) is 12.8 Å². The summed E-state index contributed by atoms with van der Waals surface area (Å²) in [5.41, 5.74) is -1.15. The number of nitrogens with one attached hydrogen (secondary N) is 1. The van der Waals surface area contributed by atoms with Gasteiger partial charge in [0.1, 0.15) is 11.5 Å². The summed E-state index contributed by atoms with van der Waals surface area (Å²) in [6, 6.07) is 2.19. The molecule has 0 atom stereocenters. The zero-order chi connectivity index (χ0) is 15.6. The molecule has 1 aromatic carbocycles. The zero-order valence-electron chi connectivity index (χ0n) is 11.1. The van der Waals surface area contributed by atoms with Gasteiger partial charge in [0.15, 0.2) is 0 Å². The predicted molar refractivity (Wildman–Crippen MR) is 82.8 cm³/mol. The van der Waals surface area contributed by atoms with E-state index < -0.39 is 22.1 Å². The van der Waals surface area contributed by atoms with Crippen LogP contribution in [0.4, 0.5) is 15.8 Å². The maximum atomic E-state index is 13.6. The van der Waals surface area contributed by atoms with Gasteiger partial charge >= 0.3 is 5.97 Å². The van der Waals surface area contributed by atoms with Crippen LogP contribution in [-0.2, 0) is 4.79 Å². The van der Waals surface area contributed by atoms with Gasteiger partial charge in [-0.15, -0.1) is 0 Å². The number of nitro benzene ring substituents is 1. The first-order valence-electron chi connectivity index (χ1n) is 6.46. The molecule has 1 aliphatic carbocycles. The first-order chi connectivity index (χ1) is 9.85. The molecule has 1 saturated carbocycles. The van der Waals surface area contributed by atoms with Crippen molar-refractivity contribution in [2.24, 2.45) is 5.41 Å².